The molecule has 2 aromatic rings. The Kier molecular flexibility index (Phi) is 5.63. The quantitative estimate of drug-likeness (QED) is 0.787. The van der Waals surface area contributed by atoms with E-state index in [-0.39, 0.29) is 18.7 Å². The number of halogens is 1. The van der Waals surface area contributed by atoms with Gasteiger partial charge < -0.3 is 20.5 Å². The number of rotatable bonds is 5. The summed E-state index contributed by atoms with van der Waals surface area (Å²) >= 11 is 6.03. The predicted octanol–water partition coefficient (Wildman–Crippen LogP) is 3.63. The number of amides is 2. The van der Waals surface area contributed by atoms with E-state index in [1.807, 2.05) is 12.1 Å². The summed E-state index contributed by atoms with van der Waals surface area (Å²) in [5.41, 5.74) is 0.620. The van der Waals surface area contributed by atoms with Crippen LogP contribution in [0.25, 0.3) is 0 Å². The molecule has 0 aliphatic heterocycles. The number of benzene rings is 2. The van der Waals surface area contributed by atoms with E-state index < -0.39 is 0 Å². The van der Waals surface area contributed by atoms with Gasteiger partial charge in [0.25, 0.3) is 0 Å². The molecule has 0 aliphatic carbocycles. The molecule has 0 radical (unpaired) electrons. The third kappa shape index (κ3) is 4.65. The Morgan fingerprint density at radius 3 is 2.55 bits per heavy atom. The predicted molar refractivity (Wildman–Crippen MR) is 86.7 cm³/mol. The highest BCUT2D eigenvalue weighted by Crippen LogP contribution is 2.29. The van der Waals surface area contributed by atoms with Crippen LogP contribution in [0.4, 0.5) is 10.5 Å². The lowest BCUT2D eigenvalue weighted by molar-refractivity contribution is 0.229. The van der Waals surface area contributed by atoms with Gasteiger partial charge in [-0.15, -0.1) is 0 Å². The van der Waals surface area contributed by atoms with E-state index in [2.05, 4.69) is 10.6 Å². The van der Waals surface area contributed by atoms with Gasteiger partial charge in [0, 0.05) is 5.69 Å². The van der Waals surface area contributed by atoms with Crippen LogP contribution >= 0.6 is 11.6 Å². The summed E-state index contributed by atoms with van der Waals surface area (Å²) in [6.07, 6.45) is 0. The maximum Gasteiger partial charge on any atom is 0.319 e. The van der Waals surface area contributed by atoms with E-state index >= 15 is 0 Å². The zero-order valence-corrected chi connectivity index (χ0v) is 12.8. The van der Waals surface area contributed by atoms with Gasteiger partial charge in [0.05, 0.1) is 17.7 Å². The van der Waals surface area contributed by atoms with Crippen LogP contribution in [0.1, 0.15) is 6.92 Å². The van der Waals surface area contributed by atoms with Gasteiger partial charge in [0.1, 0.15) is 11.5 Å². The van der Waals surface area contributed by atoms with Crippen molar-refractivity contribution in [1.29, 1.82) is 0 Å². The molecule has 2 aromatic carbocycles. The van der Waals surface area contributed by atoms with Gasteiger partial charge in [0.2, 0.25) is 0 Å². The molecule has 0 aliphatic rings. The Labute approximate surface area is 133 Å². The second-order valence-corrected chi connectivity index (χ2v) is 5.15. The van der Waals surface area contributed by atoms with Gasteiger partial charge in [-0.3, -0.25) is 0 Å². The van der Waals surface area contributed by atoms with Crippen LogP contribution in [0.3, 0.4) is 0 Å². The summed E-state index contributed by atoms with van der Waals surface area (Å²) in [5.74, 6) is 1.18. The zero-order valence-electron chi connectivity index (χ0n) is 12.0. The lowest BCUT2D eigenvalue weighted by Crippen LogP contribution is -2.38. The second kappa shape index (κ2) is 7.68. The molecule has 5 nitrogen and oxygen atoms in total. The first-order valence-corrected chi connectivity index (χ1v) is 7.17. The summed E-state index contributed by atoms with van der Waals surface area (Å²) in [5, 5.41) is 14.7. The van der Waals surface area contributed by atoms with Gasteiger partial charge in [-0.2, -0.15) is 0 Å². The fraction of sp³-hybridized carbons (Fsp3) is 0.188. The highest BCUT2D eigenvalue weighted by molar-refractivity contribution is 6.32. The molecule has 22 heavy (non-hydrogen) atoms. The van der Waals surface area contributed by atoms with E-state index in [1.54, 1.807) is 43.3 Å². The highest BCUT2D eigenvalue weighted by atomic mass is 35.5. The molecule has 0 saturated heterocycles. The number of urea groups is 1. The van der Waals surface area contributed by atoms with Gasteiger partial charge in [-0.1, -0.05) is 23.7 Å². The largest absolute Gasteiger partial charge is 0.456 e. The van der Waals surface area contributed by atoms with Crippen molar-refractivity contribution in [2.75, 3.05) is 11.9 Å². The van der Waals surface area contributed by atoms with Crippen molar-refractivity contribution in [2.24, 2.45) is 0 Å². The minimum Gasteiger partial charge on any atom is -0.456 e. The van der Waals surface area contributed by atoms with E-state index in [4.69, 9.17) is 21.4 Å². The molecule has 0 fully saturated rings. The molecule has 0 saturated carbocycles. The Morgan fingerprint density at radius 1 is 1.23 bits per heavy atom. The monoisotopic (exact) mass is 320 g/mol. The maximum atomic E-state index is 11.6. The fourth-order valence-electron chi connectivity index (χ4n) is 1.70. The van der Waals surface area contributed by atoms with Crippen molar-refractivity contribution in [2.45, 2.75) is 13.0 Å². The molecule has 6 heteroatoms. The van der Waals surface area contributed by atoms with E-state index in [1.165, 1.54) is 0 Å². The van der Waals surface area contributed by atoms with Crippen molar-refractivity contribution < 1.29 is 14.6 Å². The Balaban J connectivity index is 1.96. The molecular formula is C16H17ClN2O3. The number of para-hydroxylation sites is 1. The summed E-state index contributed by atoms with van der Waals surface area (Å²) < 4.78 is 5.66. The van der Waals surface area contributed by atoms with Gasteiger partial charge in [-0.25, -0.2) is 4.79 Å². The Morgan fingerprint density at radius 2 is 1.91 bits per heavy atom. The maximum absolute atomic E-state index is 11.6. The van der Waals surface area contributed by atoms with E-state index in [0.29, 0.717) is 22.2 Å². The van der Waals surface area contributed by atoms with Crippen LogP contribution in [0, 0.1) is 0 Å². The van der Waals surface area contributed by atoms with Crippen LogP contribution < -0.4 is 15.4 Å². The van der Waals surface area contributed by atoms with E-state index in [0.717, 1.165) is 0 Å². The van der Waals surface area contributed by atoms with Crippen LogP contribution in [0.5, 0.6) is 11.5 Å². The van der Waals surface area contributed by atoms with Crippen molar-refractivity contribution >= 4 is 23.3 Å². The average molecular weight is 321 g/mol. The molecule has 1 atom stereocenters. The topological polar surface area (TPSA) is 70.6 Å². The van der Waals surface area contributed by atoms with Crippen molar-refractivity contribution in [3.05, 3.63) is 53.6 Å². The number of ether oxygens (including phenoxy) is 1. The Bertz CT molecular complexity index is 632. The number of hydrogen-bond donors (Lipinski definition) is 3. The lowest BCUT2D eigenvalue weighted by atomic mass is 10.3. The standard InChI is InChI=1S/C16H17ClN2O3/c1-11(10-20)18-16(21)19-12-6-8-13(9-7-12)22-15-5-3-2-4-14(15)17/h2-9,11,20H,10H2,1H3,(H2,18,19,21). The van der Waals surface area contributed by atoms with Gasteiger partial charge in [-0.05, 0) is 43.3 Å². The SMILES string of the molecule is CC(CO)NC(=O)Nc1ccc(Oc2ccccc2Cl)cc1. The van der Waals surface area contributed by atoms with Crippen molar-refractivity contribution in [3.8, 4) is 11.5 Å². The number of hydrogen-bond acceptors (Lipinski definition) is 3. The number of carbonyl (C=O) groups is 1. The summed E-state index contributed by atoms with van der Waals surface area (Å²) in [4.78, 5) is 11.6. The fourth-order valence-corrected chi connectivity index (χ4v) is 1.87. The first-order valence-electron chi connectivity index (χ1n) is 6.79. The van der Waals surface area contributed by atoms with Gasteiger partial charge in [0.15, 0.2) is 0 Å². The van der Waals surface area contributed by atoms with Crippen LogP contribution in [-0.2, 0) is 0 Å². The molecule has 0 heterocycles. The Hall–Kier alpha value is -2.24. The van der Waals surface area contributed by atoms with Crippen molar-refractivity contribution in [3.63, 3.8) is 0 Å². The molecule has 0 spiro atoms. The van der Waals surface area contributed by atoms with Gasteiger partial charge >= 0.3 is 6.03 Å². The summed E-state index contributed by atoms with van der Waals surface area (Å²) in [6, 6.07) is 13.4. The molecule has 116 valence electrons. The first kappa shape index (κ1) is 16.1. The third-order valence-corrected chi connectivity index (χ3v) is 3.14. The van der Waals surface area contributed by atoms with Crippen LogP contribution in [-0.4, -0.2) is 23.8 Å². The normalized spacial score (nSPS) is 11.6. The third-order valence-electron chi connectivity index (χ3n) is 2.83. The minimum absolute atomic E-state index is 0.113. The summed E-state index contributed by atoms with van der Waals surface area (Å²) in [7, 11) is 0. The van der Waals surface area contributed by atoms with E-state index in [9.17, 15) is 4.79 Å². The minimum atomic E-state index is -0.374. The smallest absolute Gasteiger partial charge is 0.319 e. The number of carbonyl (C=O) groups excluding carboxylic acids is 1. The molecule has 3 N–H and O–H groups in total. The molecule has 0 bridgehead atoms. The molecule has 0 aromatic heterocycles. The number of aliphatic hydroxyl groups is 1. The van der Waals surface area contributed by atoms with Crippen LogP contribution in [0.15, 0.2) is 48.5 Å². The number of aliphatic hydroxyl groups excluding tert-OH is 1. The number of anilines is 1. The molecule has 2 rings (SSSR count). The average Bonchev–Trinajstić information content (AvgIpc) is 2.51. The highest BCUT2D eigenvalue weighted by Gasteiger charge is 2.06. The molecule has 2 amide bonds. The van der Waals surface area contributed by atoms with Crippen LogP contribution in [0.2, 0.25) is 5.02 Å². The second-order valence-electron chi connectivity index (χ2n) is 4.74. The molecular weight excluding hydrogens is 304 g/mol. The number of nitrogens with one attached hydrogen (secondary N) is 2. The zero-order chi connectivity index (χ0) is 15.9. The van der Waals surface area contributed by atoms with Crippen molar-refractivity contribution in [1.82, 2.24) is 5.32 Å². The lowest BCUT2D eigenvalue weighted by Gasteiger charge is -2.12. The summed E-state index contributed by atoms with van der Waals surface area (Å²) in [6.45, 7) is 1.60. The first-order chi connectivity index (χ1) is 10.6. The molecule has 1 unspecified atom stereocenters.